The molecule has 110 valence electrons. The third-order valence-electron chi connectivity index (χ3n) is 3.10. The van der Waals surface area contributed by atoms with E-state index in [1.54, 1.807) is 7.11 Å². The quantitative estimate of drug-likeness (QED) is 0.874. The maximum Gasteiger partial charge on any atom is 0.337 e. The van der Waals surface area contributed by atoms with Crippen LogP contribution in [0.2, 0.25) is 0 Å². The topological polar surface area (TPSA) is 88.7 Å². The Bertz CT molecular complexity index is 658. The lowest BCUT2D eigenvalue weighted by Gasteiger charge is -2.21. The molecule has 1 heterocycles. The van der Waals surface area contributed by atoms with Crippen molar-refractivity contribution in [1.29, 1.82) is 0 Å². The summed E-state index contributed by atoms with van der Waals surface area (Å²) < 4.78 is 5.31. The number of nitrogen functional groups attached to an aromatic ring is 1. The van der Waals surface area contributed by atoms with Gasteiger partial charge < -0.3 is 20.5 Å². The van der Waals surface area contributed by atoms with Crippen LogP contribution in [0, 0.1) is 0 Å². The molecule has 2 rings (SSSR count). The van der Waals surface area contributed by atoms with E-state index in [1.165, 1.54) is 12.3 Å². The van der Waals surface area contributed by atoms with Crippen molar-refractivity contribution in [1.82, 2.24) is 4.98 Å². The Kier molecular flexibility index (Phi) is 4.27. The Morgan fingerprint density at radius 3 is 2.76 bits per heavy atom. The van der Waals surface area contributed by atoms with E-state index in [0.717, 1.165) is 11.3 Å². The summed E-state index contributed by atoms with van der Waals surface area (Å²) in [6.07, 6.45) is 1.30. The number of carboxylic acid groups (broad SMARTS) is 1. The van der Waals surface area contributed by atoms with E-state index in [9.17, 15) is 4.79 Å². The van der Waals surface area contributed by atoms with Gasteiger partial charge >= 0.3 is 5.97 Å². The Hall–Kier alpha value is -2.76. The lowest BCUT2D eigenvalue weighted by atomic mass is 10.2. The molecule has 0 fully saturated rings. The number of benzene rings is 1. The van der Waals surface area contributed by atoms with Crippen LogP contribution in [-0.4, -0.2) is 30.2 Å². The summed E-state index contributed by atoms with van der Waals surface area (Å²) >= 11 is 0. The lowest BCUT2D eigenvalue weighted by Crippen LogP contribution is -2.20. The predicted octanol–water partition coefficient (Wildman–Crippen LogP) is 2.01. The minimum absolute atomic E-state index is 0.0712. The number of anilines is 2. The van der Waals surface area contributed by atoms with Crippen molar-refractivity contribution < 1.29 is 14.6 Å². The fourth-order valence-electron chi connectivity index (χ4n) is 2.07. The number of ether oxygens (including phenoxy) is 1. The Morgan fingerprint density at radius 2 is 2.14 bits per heavy atom. The molecule has 1 aromatic carbocycles. The molecule has 0 atom stereocenters. The van der Waals surface area contributed by atoms with Crippen LogP contribution in [-0.2, 0) is 6.54 Å². The van der Waals surface area contributed by atoms with E-state index in [0.29, 0.717) is 18.1 Å². The first kappa shape index (κ1) is 14.6. The van der Waals surface area contributed by atoms with Crippen molar-refractivity contribution in [3.8, 4) is 5.75 Å². The molecule has 0 spiro atoms. The van der Waals surface area contributed by atoms with Crippen LogP contribution in [0.4, 0.5) is 11.5 Å². The first-order valence-electron chi connectivity index (χ1n) is 6.34. The van der Waals surface area contributed by atoms with Gasteiger partial charge in [0.1, 0.15) is 5.75 Å². The monoisotopic (exact) mass is 287 g/mol. The molecule has 6 heteroatoms. The molecule has 0 unspecified atom stereocenters. The minimum atomic E-state index is -1.05. The van der Waals surface area contributed by atoms with Crippen LogP contribution in [0.15, 0.2) is 36.5 Å². The van der Waals surface area contributed by atoms with Crippen LogP contribution in [0.25, 0.3) is 0 Å². The fraction of sp³-hybridized carbons (Fsp3) is 0.200. The van der Waals surface area contributed by atoms with E-state index >= 15 is 0 Å². The van der Waals surface area contributed by atoms with Gasteiger partial charge in [-0.05, 0) is 12.1 Å². The molecule has 6 nitrogen and oxygen atoms in total. The molecule has 0 bridgehead atoms. The summed E-state index contributed by atoms with van der Waals surface area (Å²) in [7, 11) is 3.46. The zero-order valence-corrected chi connectivity index (χ0v) is 11.9. The number of rotatable bonds is 5. The number of aromatic nitrogens is 1. The maximum atomic E-state index is 10.9. The summed E-state index contributed by atoms with van der Waals surface area (Å²) in [5.74, 6) is 0.268. The van der Waals surface area contributed by atoms with E-state index in [-0.39, 0.29) is 5.56 Å². The zero-order chi connectivity index (χ0) is 15.4. The second kappa shape index (κ2) is 6.13. The maximum absolute atomic E-state index is 10.9. The number of carbonyl (C=O) groups is 1. The van der Waals surface area contributed by atoms with Crippen molar-refractivity contribution in [3.63, 3.8) is 0 Å². The molecule has 1 aromatic heterocycles. The third kappa shape index (κ3) is 3.22. The highest BCUT2D eigenvalue weighted by atomic mass is 16.5. The Morgan fingerprint density at radius 1 is 1.43 bits per heavy atom. The number of nitrogens with two attached hydrogens (primary N) is 1. The van der Waals surface area contributed by atoms with Crippen molar-refractivity contribution in [2.24, 2.45) is 0 Å². The number of hydrogen-bond donors (Lipinski definition) is 2. The van der Waals surface area contributed by atoms with Gasteiger partial charge in [0, 0.05) is 25.4 Å². The van der Waals surface area contributed by atoms with Crippen LogP contribution in [0.3, 0.4) is 0 Å². The standard InChI is InChI=1S/C15H17N3O3/c1-18(9-10-5-3-4-6-13(10)21-2)14-12(16)7-11(8-17-14)15(19)20/h3-8H,9,16H2,1-2H3,(H,19,20). The van der Waals surface area contributed by atoms with Crippen molar-refractivity contribution in [2.45, 2.75) is 6.54 Å². The van der Waals surface area contributed by atoms with Crippen molar-refractivity contribution in [2.75, 3.05) is 24.8 Å². The van der Waals surface area contributed by atoms with Crippen LogP contribution in [0.1, 0.15) is 15.9 Å². The molecule has 21 heavy (non-hydrogen) atoms. The second-order valence-electron chi connectivity index (χ2n) is 4.61. The predicted molar refractivity (Wildman–Crippen MR) is 80.7 cm³/mol. The molecule has 0 aliphatic carbocycles. The minimum Gasteiger partial charge on any atom is -0.496 e. The average Bonchev–Trinajstić information content (AvgIpc) is 2.47. The van der Waals surface area contributed by atoms with E-state index in [2.05, 4.69) is 4.98 Å². The molecular formula is C15H17N3O3. The summed E-state index contributed by atoms with van der Waals surface area (Å²) in [5.41, 5.74) is 7.27. The number of nitrogens with zero attached hydrogens (tertiary/aromatic N) is 2. The van der Waals surface area contributed by atoms with Gasteiger partial charge in [-0.1, -0.05) is 18.2 Å². The van der Waals surface area contributed by atoms with Crippen molar-refractivity contribution >= 4 is 17.5 Å². The summed E-state index contributed by atoms with van der Waals surface area (Å²) in [6.45, 7) is 0.549. The van der Waals surface area contributed by atoms with Gasteiger partial charge in [-0.2, -0.15) is 0 Å². The Balaban J connectivity index is 2.24. The molecule has 0 radical (unpaired) electrons. The first-order chi connectivity index (χ1) is 10.0. The molecule has 0 amide bonds. The zero-order valence-electron chi connectivity index (χ0n) is 11.9. The second-order valence-corrected chi connectivity index (χ2v) is 4.61. The first-order valence-corrected chi connectivity index (χ1v) is 6.34. The van der Waals surface area contributed by atoms with Gasteiger partial charge in [0.15, 0.2) is 5.82 Å². The van der Waals surface area contributed by atoms with Gasteiger partial charge in [-0.3, -0.25) is 0 Å². The van der Waals surface area contributed by atoms with Gasteiger partial charge in [0.05, 0.1) is 18.4 Å². The summed E-state index contributed by atoms with van der Waals surface area (Å²) in [4.78, 5) is 16.9. The average molecular weight is 287 g/mol. The van der Waals surface area contributed by atoms with E-state index in [1.807, 2.05) is 36.2 Å². The number of methoxy groups -OCH3 is 1. The largest absolute Gasteiger partial charge is 0.496 e. The highest BCUT2D eigenvalue weighted by molar-refractivity contribution is 5.89. The molecule has 0 aliphatic rings. The summed E-state index contributed by atoms with van der Waals surface area (Å²) in [5, 5.41) is 8.92. The molecule has 3 N–H and O–H groups in total. The molecule has 0 saturated carbocycles. The SMILES string of the molecule is COc1ccccc1CN(C)c1ncc(C(=O)O)cc1N. The summed E-state index contributed by atoms with van der Waals surface area (Å²) in [6, 6.07) is 9.07. The molecule has 0 saturated heterocycles. The normalized spacial score (nSPS) is 10.2. The van der Waals surface area contributed by atoms with Gasteiger partial charge in [0.25, 0.3) is 0 Å². The lowest BCUT2D eigenvalue weighted by molar-refractivity contribution is 0.0696. The molecule has 0 aliphatic heterocycles. The number of aromatic carboxylic acids is 1. The van der Waals surface area contributed by atoms with E-state index < -0.39 is 5.97 Å². The van der Waals surface area contributed by atoms with Crippen LogP contribution >= 0.6 is 0 Å². The smallest absolute Gasteiger partial charge is 0.337 e. The highest BCUT2D eigenvalue weighted by Gasteiger charge is 2.13. The Labute approximate surface area is 122 Å². The number of para-hydroxylation sites is 1. The number of pyridine rings is 1. The van der Waals surface area contributed by atoms with Gasteiger partial charge in [0.2, 0.25) is 0 Å². The highest BCUT2D eigenvalue weighted by Crippen LogP contribution is 2.25. The third-order valence-corrected chi connectivity index (χ3v) is 3.10. The van der Waals surface area contributed by atoms with E-state index in [4.69, 9.17) is 15.6 Å². The number of carboxylic acids is 1. The molecular weight excluding hydrogens is 270 g/mol. The van der Waals surface area contributed by atoms with Gasteiger partial charge in [-0.15, -0.1) is 0 Å². The number of hydrogen-bond acceptors (Lipinski definition) is 5. The van der Waals surface area contributed by atoms with Gasteiger partial charge in [-0.25, -0.2) is 9.78 Å². The van der Waals surface area contributed by atoms with Crippen LogP contribution < -0.4 is 15.4 Å². The van der Waals surface area contributed by atoms with Crippen LogP contribution in [0.5, 0.6) is 5.75 Å². The fourth-order valence-corrected chi connectivity index (χ4v) is 2.07. The molecule has 2 aromatic rings. The van der Waals surface area contributed by atoms with Crippen molar-refractivity contribution in [3.05, 3.63) is 47.7 Å².